The number of β-lactam (4-membered cyclic amide) rings is 1. The lowest BCUT2D eigenvalue weighted by atomic mass is 9.85. The number of aromatic nitrogens is 2. The molecule has 0 bridgehead atoms. The van der Waals surface area contributed by atoms with E-state index in [1.807, 2.05) is 6.92 Å². The molecule has 1 aromatic rings. The molecule has 2 aliphatic rings. The Kier molecular flexibility index (Phi) is 4.03. The van der Waals surface area contributed by atoms with Crippen LogP contribution in [0.2, 0.25) is 0 Å². The molecule has 0 aliphatic carbocycles. The van der Waals surface area contributed by atoms with Crippen molar-refractivity contribution in [3.05, 3.63) is 24.3 Å². The standard InChI is InChI=1S/C15H21N5O3/c1-2-5-11(21)19-15(23,12-16-7-4-8-17-12)20-10-14(13(20)22)6-3-9-18-14/h4,7-8,18,23H,2-3,5-6,9-10H2,1H3,(H,19,21). The molecule has 23 heavy (non-hydrogen) atoms. The second kappa shape index (κ2) is 5.86. The van der Waals surface area contributed by atoms with Gasteiger partial charge in [0.15, 0.2) is 0 Å². The van der Waals surface area contributed by atoms with Crippen LogP contribution in [0.4, 0.5) is 0 Å². The highest BCUT2D eigenvalue weighted by Gasteiger charge is 2.61. The van der Waals surface area contributed by atoms with Gasteiger partial charge in [-0.3, -0.25) is 14.5 Å². The van der Waals surface area contributed by atoms with E-state index in [-0.39, 0.29) is 24.1 Å². The highest BCUT2D eigenvalue weighted by atomic mass is 16.3. The first-order chi connectivity index (χ1) is 11.0. The number of hydrogen-bond donors (Lipinski definition) is 3. The highest BCUT2D eigenvalue weighted by molar-refractivity contribution is 5.94. The Balaban J connectivity index is 1.87. The monoisotopic (exact) mass is 319 g/mol. The fourth-order valence-electron chi connectivity index (χ4n) is 3.17. The zero-order valence-corrected chi connectivity index (χ0v) is 13.1. The van der Waals surface area contributed by atoms with Crippen molar-refractivity contribution < 1.29 is 14.7 Å². The van der Waals surface area contributed by atoms with Gasteiger partial charge in [0, 0.05) is 18.8 Å². The number of aliphatic hydroxyl groups is 1. The lowest BCUT2D eigenvalue weighted by Crippen LogP contribution is -2.78. The van der Waals surface area contributed by atoms with Gasteiger partial charge in [-0.15, -0.1) is 0 Å². The molecule has 2 atom stereocenters. The Hall–Kier alpha value is -2.06. The quantitative estimate of drug-likeness (QED) is 0.497. The van der Waals surface area contributed by atoms with E-state index < -0.39 is 11.4 Å². The van der Waals surface area contributed by atoms with Gasteiger partial charge < -0.3 is 15.7 Å². The predicted octanol–water partition coefficient (Wildman–Crippen LogP) is -0.540. The number of amides is 2. The van der Waals surface area contributed by atoms with Crippen molar-refractivity contribution in [2.24, 2.45) is 0 Å². The first-order valence-corrected chi connectivity index (χ1v) is 7.90. The normalized spacial score (nSPS) is 26.0. The van der Waals surface area contributed by atoms with Gasteiger partial charge in [0.05, 0.1) is 6.54 Å². The Morgan fingerprint density at radius 1 is 1.52 bits per heavy atom. The van der Waals surface area contributed by atoms with Crippen molar-refractivity contribution in [1.82, 2.24) is 25.5 Å². The van der Waals surface area contributed by atoms with E-state index in [1.54, 1.807) is 6.07 Å². The molecule has 0 aromatic carbocycles. The summed E-state index contributed by atoms with van der Waals surface area (Å²) >= 11 is 0. The zero-order valence-electron chi connectivity index (χ0n) is 13.1. The second-order valence-corrected chi connectivity index (χ2v) is 6.05. The summed E-state index contributed by atoms with van der Waals surface area (Å²) in [5, 5.41) is 16.7. The molecule has 1 aromatic heterocycles. The Morgan fingerprint density at radius 3 is 2.83 bits per heavy atom. The Morgan fingerprint density at radius 2 is 2.26 bits per heavy atom. The van der Waals surface area contributed by atoms with E-state index in [1.165, 1.54) is 17.3 Å². The molecule has 2 unspecified atom stereocenters. The van der Waals surface area contributed by atoms with E-state index in [0.29, 0.717) is 13.0 Å². The van der Waals surface area contributed by atoms with Crippen LogP contribution in [0.5, 0.6) is 0 Å². The number of hydrogen-bond acceptors (Lipinski definition) is 6. The first-order valence-electron chi connectivity index (χ1n) is 7.90. The van der Waals surface area contributed by atoms with Crippen molar-refractivity contribution >= 4 is 11.8 Å². The Labute approximate surface area is 134 Å². The molecule has 3 N–H and O–H groups in total. The molecule has 3 heterocycles. The maximum Gasteiger partial charge on any atom is 0.284 e. The van der Waals surface area contributed by atoms with Crippen molar-refractivity contribution in [3.8, 4) is 0 Å². The molecule has 0 radical (unpaired) electrons. The van der Waals surface area contributed by atoms with Gasteiger partial charge in [-0.25, -0.2) is 9.97 Å². The van der Waals surface area contributed by atoms with E-state index in [4.69, 9.17) is 0 Å². The number of nitrogens with zero attached hydrogens (tertiary/aromatic N) is 3. The van der Waals surface area contributed by atoms with Crippen LogP contribution in [0, 0.1) is 0 Å². The van der Waals surface area contributed by atoms with Crippen LogP contribution in [0.3, 0.4) is 0 Å². The van der Waals surface area contributed by atoms with Crippen molar-refractivity contribution in [2.45, 2.75) is 44.0 Å². The summed E-state index contributed by atoms with van der Waals surface area (Å²) in [7, 11) is 0. The maximum atomic E-state index is 12.6. The van der Waals surface area contributed by atoms with Gasteiger partial charge in [-0.05, 0) is 31.9 Å². The smallest absolute Gasteiger partial charge is 0.284 e. The fourth-order valence-corrected chi connectivity index (χ4v) is 3.17. The average molecular weight is 319 g/mol. The largest absolute Gasteiger partial charge is 0.348 e. The predicted molar refractivity (Wildman–Crippen MR) is 80.7 cm³/mol. The number of carbonyl (C=O) groups is 2. The minimum atomic E-state index is -2.01. The van der Waals surface area contributed by atoms with Crippen LogP contribution >= 0.6 is 0 Å². The average Bonchev–Trinajstić information content (AvgIpc) is 3.05. The highest BCUT2D eigenvalue weighted by Crippen LogP contribution is 2.37. The van der Waals surface area contributed by atoms with E-state index in [2.05, 4.69) is 20.6 Å². The minimum Gasteiger partial charge on any atom is -0.348 e. The summed E-state index contributed by atoms with van der Waals surface area (Å²) in [6, 6.07) is 1.61. The summed E-state index contributed by atoms with van der Waals surface area (Å²) in [4.78, 5) is 33.9. The molecule has 2 fully saturated rings. The first kappa shape index (κ1) is 15.8. The summed E-state index contributed by atoms with van der Waals surface area (Å²) in [6.07, 6.45) is 5.47. The van der Waals surface area contributed by atoms with Crippen LogP contribution < -0.4 is 10.6 Å². The van der Waals surface area contributed by atoms with E-state index in [0.717, 1.165) is 19.4 Å². The van der Waals surface area contributed by atoms with Crippen LogP contribution in [0.15, 0.2) is 18.5 Å². The van der Waals surface area contributed by atoms with Crippen LogP contribution in [0.25, 0.3) is 0 Å². The molecule has 1 spiro atoms. The second-order valence-electron chi connectivity index (χ2n) is 6.05. The van der Waals surface area contributed by atoms with Gasteiger partial charge in [-0.1, -0.05) is 6.92 Å². The molecule has 2 amide bonds. The van der Waals surface area contributed by atoms with Gasteiger partial charge in [0.25, 0.3) is 5.85 Å². The molecule has 0 saturated carbocycles. The summed E-state index contributed by atoms with van der Waals surface area (Å²) in [6.45, 7) is 2.96. The van der Waals surface area contributed by atoms with Crippen LogP contribution in [0.1, 0.15) is 38.4 Å². The minimum absolute atomic E-state index is 0.00866. The Bertz CT molecular complexity index is 602. The van der Waals surface area contributed by atoms with Crippen molar-refractivity contribution in [1.29, 1.82) is 0 Å². The molecule has 2 saturated heterocycles. The van der Waals surface area contributed by atoms with Crippen LogP contribution in [-0.4, -0.2) is 50.4 Å². The van der Waals surface area contributed by atoms with E-state index in [9.17, 15) is 14.7 Å². The van der Waals surface area contributed by atoms with E-state index >= 15 is 0 Å². The molecular weight excluding hydrogens is 298 g/mol. The summed E-state index contributed by atoms with van der Waals surface area (Å²) in [5.41, 5.74) is -0.613. The lowest BCUT2D eigenvalue weighted by Gasteiger charge is -2.52. The van der Waals surface area contributed by atoms with Crippen molar-refractivity contribution in [2.75, 3.05) is 13.1 Å². The maximum absolute atomic E-state index is 12.6. The van der Waals surface area contributed by atoms with Gasteiger partial charge in [-0.2, -0.15) is 0 Å². The van der Waals surface area contributed by atoms with Crippen molar-refractivity contribution in [3.63, 3.8) is 0 Å². The molecule has 2 aliphatic heterocycles. The third kappa shape index (κ3) is 2.57. The topological polar surface area (TPSA) is 107 Å². The zero-order chi connectivity index (χ0) is 16.5. The third-order valence-corrected chi connectivity index (χ3v) is 4.39. The molecule has 8 nitrogen and oxygen atoms in total. The van der Waals surface area contributed by atoms with Gasteiger partial charge in [0.2, 0.25) is 17.6 Å². The van der Waals surface area contributed by atoms with Crippen LogP contribution in [-0.2, 0) is 15.4 Å². The summed E-state index contributed by atoms with van der Waals surface area (Å²) < 4.78 is 0. The summed E-state index contributed by atoms with van der Waals surface area (Å²) in [5.74, 6) is -2.61. The number of nitrogens with one attached hydrogen (secondary N) is 2. The molecule has 3 rings (SSSR count). The SMILES string of the molecule is CCCC(=O)NC(O)(c1ncccn1)N1CC2(CCCN2)C1=O. The van der Waals surface area contributed by atoms with Gasteiger partial charge in [0.1, 0.15) is 5.54 Å². The number of carbonyl (C=O) groups excluding carboxylic acids is 2. The number of likely N-dealkylation sites (tertiary alicyclic amines) is 1. The van der Waals surface area contributed by atoms with Gasteiger partial charge >= 0.3 is 0 Å². The molecule has 124 valence electrons. The third-order valence-electron chi connectivity index (χ3n) is 4.39. The number of rotatable bonds is 5. The molecular formula is C15H21N5O3. The fraction of sp³-hybridized carbons (Fsp3) is 0.600. The molecule has 8 heteroatoms. The lowest BCUT2D eigenvalue weighted by molar-refractivity contribution is -0.208.